The number of para-hydroxylation sites is 6. The third-order valence-corrected chi connectivity index (χ3v) is 11.1. The maximum absolute atomic E-state index is 10.7. The molecule has 5 heteroatoms. The first-order valence-electron chi connectivity index (χ1n) is 18.3. The van der Waals surface area contributed by atoms with E-state index in [0.29, 0.717) is 11.1 Å². The van der Waals surface area contributed by atoms with E-state index in [2.05, 4.69) is 159 Å². The highest BCUT2D eigenvalue weighted by Gasteiger charge is 2.23. The maximum atomic E-state index is 10.7. The molecule has 254 valence electrons. The van der Waals surface area contributed by atoms with Gasteiger partial charge in [0, 0.05) is 49.1 Å². The van der Waals surface area contributed by atoms with Crippen molar-refractivity contribution in [1.29, 1.82) is 10.5 Å². The molecule has 0 N–H and O–H groups in total. The molecular formula is C50H29N5. The average Bonchev–Trinajstić information content (AvgIpc) is 3.88. The normalized spacial score (nSPS) is 11.6. The fourth-order valence-electron chi connectivity index (χ4n) is 8.83. The Bertz CT molecular complexity index is 3420. The number of fused-ring (bicyclic) bond motifs is 9. The van der Waals surface area contributed by atoms with E-state index in [9.17, 15) is 10.5 Å². The molecule has 3 aromatic heterocycles. The van der Waals surface area contributed by atoms with Crippen LogP contribution in [-0.4, -0.2) is 13.7 Å². The molecule has 0 fully saturated rings. The van der Waals surface area contributed by atoms with Crippen molar-refractivity contribution in [3.8, 4) is 40.3 Å². The van der Waals surface area contributed by atoms with Crippen LogP contribution in [0.1, 0.15) is 11.1 Å². The molecule has 0 atom stereocenters. The van der Waals surface area contributed by atoms with Crippen LogP contribution in [0.3, 0.4) is 0 Å². The van der Waals surface area contributed by atoms with E-state index in [1.165, 1.54) is 16.2 Å². The second-order valence-corrected chi connectivity index (χ2v) is 14.0. The fraction of sp³-hybridized carbons (Fsp3) is 0. The van der Waals surface area contributed by atoms with Crippen LogP contribution in [0.15, 0.2) is 176 Å². The summed E-state index contributed by atoms with van der Waals surface area (Å²) in [6.45, 7) is 0. The number of nitriles is 2. The molecule has 8 aromatic carbocycles. The van der Waals surface area contributed by atoms with Crippen molar-refractivity contribution in [3.05, 3.63) is 187 Å². The lowest BCUT2D eigenvalue weighted by atomic mass is 9.98. The van der Waals surface area contributed by atoms with Gasteiger partial charge >= 0.3 is 0 Å². The summed E-state index contributed by atoms with van der Waals surface area (Å²) in [7, 11) is 0. The summed E-state index contributed by atoms with van der Waals surface area (Å²) in [5, 5.41) is 27.3. The van der Waals surface area contributed by atoms with Crippen molar-refractivity contribution < 1.29 is 0 Å². The number of benzene rings is 8. The molecule has 0 radical (unpaired) electrons. The van der Waals surface area contributed by atoms with Gasteiger partial charge < -0.3 is 13.7 Å². The number of aromatic nitrogens is 3. The van der Waals surface area contributed by atoms with Crippen LogP contribution in [0.5, 0.6) is 0 Å². The monoisotopic (exact) mass is 699 g/mol. The Balaban J connectivity index is 1.22. The second kappa shape index (κ2) is 11.8. The van der Waals surface area contributed by atoms with Crippen molar-refractivity contribution in [2.75, 3.05) is 0 Å². The molecule has 0 amide bonds. The lowest BCUT2D eigenvalue weighted by Crippen LogP contribution is -2.03. The van der Waals surface area contributed by atoms with Gasteiger partial charge in [0.15, 0.2) is 0 Å². The van der Waals surface area contributed by atoms with Gasteiger partial charge in [-0.05, 0) is 66.7 Å². The SMILES string of the molecule is N#Cc1ccc2c(c1)c1ccccc1n2-c1c(C#N)cccc1-c1ccccc1-n1c2ccccc2c2ccc(-n3c4ccccc4c4ccccc43)cc21. The highest BCUT2D eigenvalue weighted by atomic mass is 15.0. The van der Waals surface area contributed by atoms with Crippen molar-refractivity contribution in [2.24, 2.45) is 0 Å². The number of nitrogens with zero attached hydrogens (tertiary/aromatic N) is 5. The Hall–Kier alpha value is -7.86. The van der Waals surface area contributed by atoms with E-state index in [-0.39, 0.29) is 0 Å². The zero-order valence-corrected chi connectivity index (χ0v) is 29.5. The summed E-state index contributed by atoms with van der Waals surface area (Å²) in [5.74, 6) is 0. The molecule has 3 heterocycles. The third kappa shape index (κ3) is 4.39. The minimum absolute atomic E-state index is 0.565. The molecule has 0 saturated heterocycles. The molecule has 11 rings (SSSR count). The Morgan fingerprint density at radius 1 is 0.345 bits per heavy atom. The second-order valence-electron chi connectivity index (χ2n) is 14.0. The van der Waals surface area contributed by atoms with Crippen molar-refractivity contribution in [1.82, 2.24) is 13.7 Å². The van der Waals surface area contributed by atoms with E-state index in [0.717, 1.165) is 77.4 Å². The Morgan fingerprint density at radius 2 is 0.873 bits per heavy atom. The highest BCUT2D eigenvalue weighted by Crippen LogP contribution is 2.42. The summed E-state index contributed by atoms with van der Waals surface area (Å²) in [6.07, 6.45) is 0. The van der Waals surface area contributed by atoms with Gasteiger partial charge in [-0.1, -0.05) is 109 Å². The minimum Gasteiger partial charge on any atom is -0.309 e. The molecule has 5 nitrogen and oxygen atoms in total. The van der Waals surface area contributed by atoms with Crippen LogP contribution in [0.25, 0.3) is 93.6 Å². The van der Waals surface area contributed by atoms with Gasteiger partial charge in [-0.25, -0.2) is 0 Å². The van der Waals surface area contributed by atoms with E-state index >= 15 is 0 Å². The maximum Gasteiger partial charge on any atom is 0.101 e. The first kappa shape index (κ1) is 30.7. The Kier molecular flexibility index (Phi) is 6.61. The van der Waals surface area contributed by atoms with Gasteiger partial charge in [-0.2, -0.15) is 10.5 Å². The summed E-state index contributed by atoms with van der Waals surface area (Å²) in [5.41, 5.74) is 12.4. The number of hydrogen-bond donors (Lipinski definition) is 0. The Labute approximate surface area is 316 Å². The van der Waals surface area contributed by atoms with Gasteiger partial charge in [0.05, 0.1) is 61.7 Å². The van der Waals surface area contributed by atoms with Crippen LogP contribution in [-0.2, 0) is 0 Å². The van der Waals surface area contributed by atoms with Gasteiger partial charge in [0.1, 0.15) is 6.07 Å². The molecule has 0 aliphatic rings. The molecule has 0 bridgehead atoms. The quantitative estimate of drug-likeness (QED) is 0.184. The zero-order chi connectivity index (χ0) is 36.6. The zero-order valence-electron chi connectivity index (χ0n) is 29.5. The summed E-state index contributed by atoms with van der Waals surface area (Å²) in [6, 6.07) is 66.0. The minimum atomic E-state index is 0.565. The van der Waals surface area contributed by atoms with Crippen molar-refractivity contribution in [3.63, 3.8) is 0 Å². The van der Waals surface area contributed by atoms with E-state index in [1.54, 1.807) is 0 Å². The molecule has 55 heavy (non-hydrogen) atoms. The molecule has 0 aliphatic carbocycles. The average molecular weight is 700 g/mol. The van der Waals surface area contributed by atoms with Crippen LogP contribution in [0, 0.1) is 22.7 Å². The highest BCUT2D eigenvalue weighted by molar-refractivity contribution is 6.13. The van der Waals surface area contributed by atoms with Gasteiger partial charge in [-0.15, -0.1) is 0 Å². The molecule has 0 saturated carbocycles. The molecule has 11 aromatic rings. The van der Waals surface area contributed by atoms with Gasteiger partial charge in [0.2, 0.25) is 0 Å². The van der Waals surface area contributed by atoms with Crippen LogP contribution >= 0.6 is 0 Å². The first-order chi connectivity index (χ1) is 27.2. The molecular weight excluding hydrogens is 671 g/mol. The van der Waals surface area contributed by atoms with E-state index < -0.39 is 0 Å². The summed E-state index contributed by atoms with van der Waals surface area (Å²) < 4.78 is 6.94. The fourth-order valence-corrected chi connectivity index (χ4v) is 8.83. The largest absolute Gasteiger partial charge is 0.309 e. The predicted octanol–water partition coefficient (Wildman–Crippen LogP) is 12.4. The van der Waals surface area contributed by atoms with Crippen molar-refractivity contribution in [2.45, 2.75) is 0 Å². The summed E-state index contributed by atoms with van der Waals surface area (Å²) >= 11 is 0. The molecule has 0 aliphatic heterocycles. The Morgan fingerprint density at radius 3 is 1.53 bits per heavy atom. The smallest absolute Gasteiger partial charge is 0.101 e. The molecule has 0 spiro atoms. The third-order valence-electron chi connectivity index (χ3n) is 11.1. The topological polar surface area (TPSA) is 62.4 Å². The lowest BCUT2D eigenvalue weighted by Gasteiger charge is -2.19. The predicted molar refractivity (Wildman–Crippen MR) is 224 cm³/mol. The van der Waals surface area contributed by atoms with Crippen molar-refractivity contribution >= 4 is 65.4 Å². The standard InChI is InChI=1S/C50H29N5/c51-30-32-24-27-48-42(28-32)39-17-5-10-23-47(39)55(48)50-33(31-52)12-11-18-41(50)38-16-4-9-22-46(38)54-45-21-8-3-15-37(45)40-26-25-34(29-49(40)54)53-43-19-6-1-13-35(43)36-14-2-7-20-44(36)53/h1-29H. The number of rotatable bonds is 4. The lowest BCUT2D eigenvalue weighted by molar-refractivity contribution is 1.14. The van der Waals surface area contributed by atoms with Crippen LogP contribution in [0.4, 0.5) is 0 Å². The van der Waals surface area contributed by atoms with Gasteiger partial charge in [0.25, 0.3) is 0 Å². The van der Waals surface area contributed by atoms with E-state index in [1.807, 2.05) is 42.5 Å². The number of hydrogen-bond acceptors (Lipinski definition) is 2. The van der Waals surface area contributed by atoms with Crippen LogP contribution in [0.2, 0.25) is 0 Å². The first-order valence-corrected chi connectivity index (χ1v) is 18.3. The van der Waals surface area contributed by atoms with Gasteiger partial charge in [-0.3, -0.25) is 0 Å². The summed E-state index contributed by atoms with van der Waals surface area (Å²) in [4.78, 5) is 0. The van der Waals surface area contributed by atoms with Crippen LogP contribution < -0.4 is 0 Å². The molecule has 0 unspecified atom stereocenters. The van der Waals surface area contributed by atoms with E-state index in [4.69, 9.17) is 0 Å².